The lowest BCUT2D eigenvalue weighted by molar-refractivity contribution is 1.18. The van der Waals surface area contributed by atoms with Crippen LogP contribution >= 0.6 is 11.3 Å². The van der Waals surface area contributed by atoms with Gasteiger partial charge in [0, 0.05) is 47.4 Å². The first-order valence-corrected chi connectivity index (χ1v) is 22.2. The molecule has 3 aromatic heterocycles. The van der Waals surface area contributed by atoms with Crippen LogP contribution in [0.5, 0.6) is 0 Å². The normalized spacial score (nSPS) is 12.5. The average Bonchev–Trinajstić information content (AvgIpc) is 4.04. The minimum Gasteiger partial charge on any atom is -0.309 e. The zero-order chi connectivity index (χ0) is 44.0. The lowest BCUT2D eigenvalue weighted by Gasteiger charge is -2.11. The van der Waals surface area contributed by atoms with E-state index in [0.29, 0.717) is 16.5 Å². The quantitative estimate of drug-likeness (QED) is 0.158. The molecule has 3 heterocycles. The summed E-state index contributed by atoms with van der Waals surface area (Å²) in [6.45, 7) is 0. The second-order valence-corrected chi connectivity index (χ2v) is 17.3. The van der Waals surface area contributed by atoms with Gasteiger partial charge in [0.15, 0.2) is 0 Å². The summed E-state index contributed by atoms with van der Waals surface area (Å²) in [5.74, 6) is 0. The molecule has 13 rings (SSSR count). The Bertz CT molecular complexity index is 4090. The fourth-order valence-electron chi connectivity index (χ4n) is 9.70. The first-order chi connectivity index (χ1) is 32.5. The lowest BCUT2D eigenvalue weighted by Crippen LogP contribution is -1.95. The molecule has 0 aliphatic rings. The van der Waals surface area contributed by atoms with Crippen molar-refractivity contribution in [2.75, 3.05) is 0 Å². The third kappa shape index (κ3) is 5.78. The van der Waals surface area contributed by atoms with Crippen LogP contribution in [-0.4, -0.2) is 9.13 Å². The molecule has 0 saturated carbocycles. The van der Waals surface area contributed by atoms with Crippen LogP contribution in [0.25, 0.3) is 120 Å². The minimum atomic E-state index is 0.0379. The second-order valence-electron chi connectivity index (χ2n) is 16.2. The Balaban J connectivity index is 1.05. The van der Waals surface area contributed by atoms with E-state index >= 15 is 0 Å². The van der Waals surface area contributed by atoms with Crippen molar-refractivity contribution >= 4 is 75.1 Å². The number of benzene rings is 10. The molecule has 0 fully saturated rings. The van der Waals surface area contributed by atoms with Gasteiger partial charge in [-0.25, -0.2) is 0 Å². The Kier molecular flexibility index (Phi) is 7.44. The van der Waals surface area contributed by atoms with Gasteiger partial charge in [0.25, 0.3) is 0 Å². The molecule has 0 saturated heterocycles. The molecule has 0 aliphatic carbocycles. The number of para-hydroxylation sites is 1. The number of thiophene rings is 1. The van der Waals surface area contributed by atoms with E-state index in [1.165, 1.54) is 10.3 Å². The van der Waals surface area contributed by atoms with Crippen molar-refractivity contribution in [1.82, 2.24) is 9.13 Å². The van der Waals surface area contributed by atoms with E-state index in [0.717, 1.165) is 92.9 Å². The second kappa shape index (κ2) is 14.3. The number of rotatable bonds is 6. The van der Waals surface area contributed by atoms with Crippen molar-refractivity contribution in [3.8, 4) is 55.9 Å². The van der Waals surface area contributed by atoms with Crippen molar-refractivity contribution in [2.45, 2.75) is 0 Å². The van der Waals surface area contributed by atoms with Crippen LogP contribution in [0.1, 0.15) is 4.11 Å². The monoisotopic (exact) mass is 821 g/mol. The molecule has 0 atom stereocenters. The van der Waals surface area contributed by atoms with Crippen LogP contribution < -0.4 is 0 Å². The highest BCUT2D eigenvalue weighted by Crippen LogP contribution is 2.43. The maximum atomic E-state index is 10.1. The Morgan fingerprint density at radius 1 is 0.317 bits per heavy atom. The molecule has 0 unspecified atom stereocenters. The zero-order valence-corrected chi connectivity index (χ0v) is 34.8. The molecule has 10 aromatic carbocycles. The van der Waals surface area contributed by atoms with Crippen molar-refractivity contribution in [1.29, 1.82) is 0 Å². The van der Waals surface area contributed by atoms with Crippen molar-refractivity contribution in [3.63, 3.8) is 0 Å². The maximum Gasteiger partial charge on any atom is 0.0645 e. The van der Waals surface area contributed by atoms with Gasteiger partial charge in [-0.15, -0.1) is 11.3 Å². The van der Waals surface area contributed by atoms with Crippen LogP contribution in [0.4, 0.5) is 0 Å². The van der Waals surface area contributed by atoms with E-state index in [2.05, 4.69) is 191 Å². The highest BCUT2D eigenvalue weighted by molar-refractivity contribution is 7.25. The van der Waals surface area contributed by atoms with Crippen molar-refractivity contribution < 1.29 is 4.11 Å². The predicted octanol–water partition coefficient (Wildman–Crippen LogP) is 16.9. The van der Waals surface area contributed by atoms with Gasteiger partial charge in [-0.3, -0.25) is 0 Å². The van der Waals surface area contributed by atoms with Crippen LogP contribution in [0.3, 0.4) is 0 Å². The predicted molar refractivity (Wildman–Crippen MR) is 270 cm³/mol. The number of aromatic nitrogens is 2. The van der Waals surface area contributed by atoms with Crippen molar-refractivity contribution in [3.05, 3.63) is 230 Å². The van der Waals surface area contributed by atoms with Gasteiger partial charge < -0.3 is 9.13 Å². The molecule has 3 heteroatoms. The molecule has 2 nitrogen and oxygen atoms in total. The molecule has 0 aliphatic heterocycles. The van der Waals surface area contributed by atoms with Gasteiger partial charge in [0.2, 0.25) is 0 Å². The summed E-state index contributed by atoms with van der Waals surface area (Å²) >= 11 is 1.76. The summed E-state index contributed by atoms with van der Waals surface area (Å²) in [4.78, 5) is 0. The summed E-state index contributed by atoms with van der Waals surface area (Å²) < 4.78 is 36.5. The van der Waals surface area contributed by atoms with Gasteiger partial charge in [-0.2, -0.15) is 0 Å². The van der Waals surface area contributed by atoms with E-state index in [1.54, 1.807) is 11.3 Å². The van der Waals surface area contributed by atoms with Gasteiger partial charge in [-0.05, 0) is 123 Å². The highest BCUT2D eigenvalue weighted by Gasteiger charge is 2.19. The molecule has 0 bridgehead atoms. The minimum absolute atomic E-state index is 0.0379. The van der Waals surface area contributed by atoms with Gasteiger partial charge in [0.05, 0.1) is 31.9 Å². The average molecular weight is 822 g/mol. The third-order valence-electron chi connectivity index (χ3n) is 12.6. The number of fused-ring (bicyclic) bond motifs is 9. The standard InChI is InChI=1S/C60H38N2S/c1-3-14-39(15-4-1)41-18-11-19-42(34-41)44-28-31-54-51(37-44)52-38-46(29-32-55(52)61(54)47-21-12-20-43(35-47)40-16-5-2-6-17-40)45-30-33-56-50(36-45)48-22-7-9-24-53(48)62(56)57-25-13-27-59-60(57)49-23-8-10-26-58(49)63-59/h1-38H/i30D,33D,36D. The van der Waals surface area contributed by atoms with Gasteiger partial charge >= 0.3 is 0 Å². The number of hydrogen-bond acceptors (Lipinski definition) is 1. The summed E-state index contributed by atoms with van der Waals surface area (Å²) in [7, 11) is 0. The molecule has 13 aromatic rings. The molecule has 0 radical (unpaired) electrons. The Morgan fingerprint density at radius 2 is 0.857 bits per heavy atom. The van der Waals surface area contributed by atoms with E-state index in [1.807, 2.05) is 30.3 Å². The summed E-state index contributed by atoms with van der Waals surface area (Å²) in [5.41, 5.74) is 13.6. The highest BCUT2D eigenvalue weighted by atomic mass is 32.1. The Hall–Kier alpha value is -7.98. The van der Waals surface area contributed by atoms with Crippen molar-refractivity contribution in [2.24, 2.45) is 0 Å². The molecule has 0 N–H and O–H groups in total. The Labute approximate surface area is 373 Å². The first kappa shape index (κ1) is 32.7. The van der Waals surface area contributed by atoms with E-state index in [4.69, 9.17) is 0 Å². The number of hydrogen-bond donors (Lipinski definition) is 0. The lowest BCUT2D eigenvalue weighted by atomic mass is 9.97. The molecular weight excluding hydrogens is 781 g/mol. The SMILES string of the molecule is [2H]c1c(-c2ccc3c(c2)c2cc(-c4cccc(-c5ccccc5)c4)ccc2n3-c2cccc(-c3ccccc3)c2)c([2H])c2c3ccccc3n(-c3cccc4sc5ccccc5c34)c2c1[2H]. The fraction of sp³-hybridized carbons (Fsp3) is 0. The largest absolute Gasteiger partial charge is 0.309 e. The van der Waals surface area contributed by atoms with Gasteiger partial charge in [-0.1, -0.05) is 152 Å². The fourth-order valence-corrected chi connectivity index (χ4v) is 10.8. The van der Waals surface area contributed by atoms with E-state index in [9.17, 15) is 4.11 Å². The molecule has 63 heavy (non-hydrogen) atoms. The first-order valence-electron chi connectivity index (χ1n) is 22.8. The smallest absolute Gasteiger partial charge is 0.0645 e. The number of nitrogens with zero attached hydrogens (tertiary/aromatic N) is 2. The summed E-state index contributed by atoms with van der Waals surface area (Å²) in [6, 6.07) is 74.7. The molecule has 0 amide bonds. The van der Waals surface area contributed by atoms with Crippen LogP contribution in [0, 0.1) is 0 Å². The van der Waals surface area contributed by atoms with Crippen LogP contribution in [-0.2, 0) is 0 Å². The zero-order valence-electron chi connectivity index (χ0n) is 37.0. The topological polar surface area (TPSA) is 9.86 Å². The molecular formula is C60H38N2S. The molecule has 0 spiro atoms. The maximum absolute atomic E-state index is 10.1. The summed E-state index contributed by atoms with van der Waals surface area (Å²) in [5, 5.41) is 5.92. The van der Waals surface area contributed by atoms with Crippen LogP contribution in [0.15, 0.2) is 230 Å². The third-order valence-corrected chi connectivity index (χ3v) is 13.8. The summed E-state index contributed by atoms with van der Waals surface area (Å²) in [6.07, 6.45) is 0. The van der Waals surface area contributed by atoms with Crippen LogP contribution in [0.2, 0.25) is 0 Å². The Morgan fingerprint density at radius 3 is 1.60 bits per heavy atom. The van der Waals surface area contributed by atoms with E-state index < -0.39 is 0 Å². The van der Waals surface area contributed by atoms with Gasteiger partial charge in [0.1, 0.15) is 0 Å². The molecule has 294 valence electrons. The van der Waals surface area contributed by atoms with E-state index in [-0.39, 0.29) is 18.1 Å².